The van der Waals surface area contributed by atoms with E-state index in [0.717, 1.165) is 17.1 Å². The molecular weight excluding hydrogens is 430 g/mol. The summed E-state index contributed by atoms with van der Waals surface area (Å²) >= 11 is 0. The van der Waals surface area contributed by atoms with Gasteiger partial charge >= 0.3 is 0 Å². The molecule has 0 spiro atoms. The first kappa shape index (κ1) is 22.3. The lowest BCUT2D eigenvalue weighted by molar-refractivity contribution is 0.0661. The van der Waals surface area contributed by atoms with E-state index in [1.165, 1.54) is 17.0 Å². The minimum absolute atomic E-state index is 0.0636. The van der Waals surface area contributed by atoms with Crippen LogP contribution in [0.15, 0.2) is 47.1 Å². The summed E-state index contributed by atoms with van der Waals surface area (Å²) in [6.07, 6.45) is -1.50. The summed E-state index contributed by atoms with van der Waals surface area (Å²) in [6, 6.07) is 9.23. The smallest absolute Gasteiger partial charge is 0.265 e. The van der Waals surface area contributed by atoms with Crippen LogP contribution >= 0.6 is 0 Å². The third-order valence-electron chi connectivity index (χ3n) is 5.37. The second kappa shape index (κ2) is 8.89. The van der Waals surface area contributed by atoms with Crippen molar-refractivity contribution in [2.24, 2.45) is 0 Å². The molecular formula is C23H22F2N6O2. The summed E-state index contributed by atoms with van der Waals surface area (Å²) < 4.78 is 30.9. The van der Waals surface area contributed by atoms with Crippen molar-refractivity contribution in [3.63, 3.8) is 0 Å². The number of aryl methyl sites for hydroxylation is 2. The number of benzene rings is 1. The number of aromatic nitrogens is 4. The number of pyridine rings is 2. The number of hydrogen-bond donors (Lipinski definition) is 1. The lowest BCUT2D eigenvalue weighted by atomic mass is 10.1. The molecule has 1 unspecified atom stereocenters. The first-order valence-electron chi connectivity index (χ1n) is 10.2. The van der Waals surface area contributed by atoms with Gasteiger partial charge in [-0.15, -0.1) is 0 Å². The van der Waals surface area contributed by atoms with Gasteiger partial charge in [-0.05, 0) is 55.8 Å². The molecule has 33 heavy (non-hydrogen) atoms. The SMILES string of the molecule is Cc1nc(C(C)N(Cc2ccc(C(F)F)cn2)C(=O)c2ccc3nc(N)c(C)cc3c2)no1. The normalized spacial score (nSPS) is 12.3. The van der Waals surface area contributed by atoms with Crippen molar-refractivity contribution in [2.45, 2.75) is 39.8 Å². The second-order valence-corrected chi connectivity index (χ2v) is 7.76. The largest absolute Gasteiger partial charge is 0.383 e. The van der Waals surface area contributed by atoms with Gasteiger partial charge in [0.2, 0.25) is 5.89 Å². The molecule has 2 N–H and O–H groups in total. The first-order valence-corrected chi connectivity index (χ1v) is 10.2. The average Bonchev–Trinajstić information content (AvgIpc) is 3.23. The number of carbonyl (C=O) groups is 1. The summed E-state index contributed by atoms with van der Waals surface area (Å²) in [7, 11) is 0. The van der Waals surface area contributed by atoms with Crippen LogP contribution in [0.4, 0.5) is 14.6 Å². The van der Waals surface area contributed by atoms with E-state index in [1.807, 2.05) is 13.0 Å². The number of hydrogen-bond acceptors (Lipinski definition) is 7. The van der Waals surface area contributed by atoms with Crippen LogP contribution in [0.1, 0.15) is 58.3 Å². The molecule has 4 aromatic rings. The molecule has 1 amide bonds. The van der Waals surface area contributed by atoms with Crippen LogP contribution in [0, 0.1) is 13.8 Å². The van der Waals surface area contributed by atoms with E-state index in [-0.39, 0.29) is 18.0 Å². The maximum absolute atomic E-state index is 13.6. The van der Waals surface area contributed by atoms with Crippen molar-refractivity contribution < 1.29 is 18.1 Å². The average molecular weight is 452 g/mol. The minimum Gasteiger partial charge on any atom is -0.383 e. The van der Waals surface area contributed by atoms with Crippen LogP contribution < -0.4 is 5.73 Å². The molecule has 0 fully saturated rings. The number of carbonyl (C=O) groups excluding carboxylic acids is 1. The van der Waals surface area contributed by atoms with Crippen LogP contribution in [-0.2, 0) is 6.54 Å². The molecule has 0 aliphatic carbocycles. The number of anilines is 1. The molecule has 0 aliphatic rings. The van der Waals surface area contributed by atoms with Crippen LogP contribution in [0.2, 0.25) is 0 Å². The van der Waals surface area contributed by atoms with Gasteiger partial charge in [0, 0.05) is 29.6 Å². The molecule has 3 heterocycles. The minimum atomic E-state index is -2.62. The molecule has 0 radical (unpaired) electrons. The summed E-state index contributed by atoms with van der Waals surface area (Å²) in [5, 5.41) is 4.71. The Morgan fingerprint density at radius 2 is 1.94 bits per heavy atom. The zero-order chi connectivity index (χ0) is 23.7. The Morgan fingerprint density at radius 1 is 1.15 bits per heavy atom. The van der Waals surface area contributed by atoms with Gasteiger partial charge in [-0.25, -0.2) is 13.8 Å². The van der Waals surface area contributed by atoms with Crippen molar-refractivity contribution in [2.75, 3.05) is 5.73 Å². The third-order valence-corrected chi connectivity index (χ3v) is 5.37. The highest BCUT2D eigenvalue weighted by Gasteiger charge is 2.27. The molecule has 3 aromatic heterocycles. The van der Waals surface area contributed by atoms with E-state index in [1.54, 1.807) is 32.0 Å². The van der Waals surface area contributed by atoms with E-state index in [9.17, 15) is 13.6 Å². The first-order chi connectivity index (χ1) is 15.7. The van der Waals surface area contributed by atoms with Crippen molar-refractivity contribution in [3.05, 3.63) is 76.7 Å². The van der Waals surface area contributed by atoms with Gasteiger partial charge in [0.25, 0.3) is 12.3 Å². The standard InChI is InChI=1S/C23H22F2N6O2/c1-12-8-17-9-15(5-7-19(17)29-21(12)26)23(32)31(13(2)22-28-14(3)33-30-22)11-18-6-4-16(10-27-18)20(24)25/h4-10,13,20H,11H2,1-3H3,(H2,26,29). The van der Waals surface area contributed by atoms with E-state index in [2.05, 4.69) is 20.1 Å². The Kier molecular flexibility index (Phi) is 5.99. The number of nitrogens with two attached hydrogens (primary N) is 1. The molecule has 0 aliphatic heterocycles. The third kappa shape index (κ3) is 4.64. The lowest BCUT2D eigenvalue weighted by Gasteiger charge is -2.27. The Labute approximate surface area is 188 Å². The van der Waals surface area contributed by atoms with Crippen LogP contribution in [0.25, 0.3) is 10.9 Å². The van der Waals surface area contributed by atoms with E-state index >= 15 is 0 Å². The molecule has 4 rings (SSSR count). The Hall–Kier alpha value is -3.95. The van der Waals surface area contributed by atoms with Crippen LogP contribution in [0.3, 0.4) is 0 Å². The lowest BCUT2D eigenvalue weighted by Crippen LogP contribution is -2.34. The van der Waals surface area contributed by atoms with Gasteiger partial charge < -0.3 is 15.2 Å². The number of halogens is 2. The van der Waals surface area contributed by atoms with E-state index in [0.29, 0.717) is 34.3 Å². The topological polar surface area (TPSA) is 111 Å². The zero-order valence-corrected chi connectivity index (χ0v) is 18.3. The molecule has 1 aromatic carbocycles. The molecule has 10 heteroatoms. The quantitative estimate of drug-likeness (QED) is 0.457. The van der Waals surface area contributed by atoms with Gasteiger partial charge in [-0.3, -0.25) is 9.78 Å². The summed E-state index contributed by atoms with van der Waals surface area (Å²) in [4.78, 5) is 27.8. The van der Waals surface area contributed by atoms with Gasteiger partial charge in [0.1, 0.15) is 5.82 Å². The predicted octanol–water partition coefficient (Wildman–Crippen LogP) is 4.55. The number of nitrogens with zero attached hydrogens (tertiary/aromatic N) is 5. The van der Waals surface area contributed by atoms with Crippen LogP contribution in [-0.4, -0.2) is 30.9 Å². The fraction of sp³-hybridized carbons (Fsp3) is 0.261. The highest BCUT2D eigenvalue weighted by Crippen LogP contribution is 2.26. The highest BCUT2D eigenvalue weighted by atomic mass is 19.3. The Balaban J connectivity index is 1.70. The summed E-state index contributed by atoms with van der Waals surface area (Å²) in [5.74, 6) is 0.827. The number of rotatable bonds is 6. The van der Waals surface area contributed by atoms with Gasteiger partial charge in [0.05, 0.1) is 23.8 Å². The summed E-state index contributed by atoms with van der Waals surface area (Å²) in [5.41, 5.74) is 8.06. The fourth-order valence-corrected chi connectivity index (χ4v) is 3.44. The van der Waals surface area contributed by atoms with E-state index < -0.39 is 12.5 Å². The molecule has 170 valence electrons. The van der Waals surface area contributed by atoms with Gasteiger partial charge in [-0.1, -0.05) is 5.16 Å². The second-order valence-electron chi connectivity index (χ2n) is 7.76. The predicted molar refractivity (Wildman–Crippen MR) is 117 cm³/mol. The van der Waals surface area contributed by atoms with Crippen molar-refractivity contribution in [1.82, 2.24) is 25.0 Å². The molecule has 0 saturated carbocycles. The molecule has 0 saturated heterocycles. The number of nitrogen functional groups attached to an aromatic ring is 1. The maximum atomic E-state index is 13.6. The zero-order valence-electron chi connectivity index (χ0n) is 18.3. The number of alkyl halides is 2. The highest BCUT2D eigenvalue weighted by molar-refractivity contribution is 5.98. The monoisotopic (exact) mass is 452 g/mol. The van der Waals surface area contributed by atoms with Crippen molar-refractivity contribution in [1.29, 1.82) is 0 Å². The Bertz CT molecular complexity index is 1310. The molecule has 1 atom stereocenters. The molecule has 0 bridgehead atoms. The number of fused-ring (bicyclic) bond motifs is 1. The van der Waals surface area contributed by atoms with Crippen molar-refractivity contribution in [3.8, 4) is 0 Å². The Morgan fingerprint density at radius 3 is 2.58 bits per heavy atom. The molecule has 8 nitrogen and oxygen atoms in total. The van der Waals surface area contributed by atoms with E-state index in [4.69, 9.17) is 10.3 Å². The fourth-order valence-electron chi connectivity index (χ4n) is 3.44. The van der Waals surface area contributed by atoms with Gasteiger partial charge in [-0.2, -0.15) is 4.98 Å². The number of amides is 1. The summed E-state index contributed by atoms with van der Waals surface area (Å²) in [6.45, 7) is 5.33. The maximum Gasteiger partial charge on any atom is 0.265 e. The van der Waals surface area contributed by atoms with Gasteiger partial charge in [0.15, 0.2) is 5.82 Å². The van der Waals surface area contributed by atoms with Crippen molar-refractivity contribution >= 4 is 22.6 Å². The van der Waals surface area contributed by atoms with Crippen LogP contribution in [0.5, 0.6) is 0 Å².